The molecule has 4 aromatic rings. The Bertz CT molecular complexity index is 1570. The summed E-state index contributed by atoms with van der Waals surface area (Å²) < 4.78 is 0. The number of amides is 4. The van der Waals surface area contributed by atoms with Gasteiger partial charge in [-0.1, -0.05) is 109 Å². The molecule has 4 aromatic carbocycles. The maximum atomic E-state index is 12.7. The number of carbonyl (C=O) groups excluding carboxylic acids is 2. The monoisotopic (exact) mass is 605 g/mol. The highest BCUT2D eigenvalue weighted by Crippen LogP contribution is 2.23. The van der Waals surface area contributed by atoms with Crippen LogP contribution in [0.3, 0.4) is 0 Å². The van der Waals surface area contributed by atoms with Crippen LogP contribution in [0.4, 0.5) is 9.59 Å². The predicted molar refractivity (Wildman–Crippen MR) is 178 cm³/mol. The average molecular weight is 606 g/mol. The van der Waals surface area contributed by atoms with Crippen LogP contribution in [0.15, 0.2) is 119 Å². The zero-order valence-corrected chi connectivity index (χ0v) is 24.9. The number of urea groups is 2. The molecule has 0 aliphatic carbocycles. The Morgan fingerprint density at radius 1 is 0.600 bits per heavy atom. The largest absolute Gasteiger partial charge is 0.370 e. The lowest BCUT2D eigenvalue weighted by atomic mass is 9.91. The molecule has 232 valence electrons. The molecular weight excluding hydrogens is 566 g/mol. The molecule has 0 saturated carbocycles. The van der Waals surface area contributed by atoms with Crippen molar-refractivity contribution in [2.75, 3.05) is 6.54 Å². The normalized spacial score (nSPS) is 11.6. The third-order valence-corrected chi connectivity index (χ3v) is 6.89. The van der Waals surface area contributed by atoms with Gasteiger partial charge in [0.1, 0.15) is 0 Å². The molecule has 0 atom stereocenters. The van der Waals surface area contributed by atoms with Crippen LogP contribution in [0, 0.1) is 0 Å². The molecule has 0 fully saturated rings. The van der Waals surface area contributed by atoms with E-state index < -0.39 is 6.03 Å². The number of nitrogens with two attached hydrogens (primary N) is 3. The van der Waals surface area contributed by atoms with Crippen LogP contribution in [-0.4, -0.2) is 30.5 Å². The van der Waals surface area contributed by atoms with Crippen LogP contribution in [0.25, 0.3) is 0 Å². The molecule has 0 unspecified atom stereocenters. The Morgan fingerprint density at radius 3 is 1.62 bits per heavy atom. The maximum Gasteiger partial charge on any atom is 0.328 e. The van der Waals surface area contributed by atoms with Crippen molar-refractivity contribution in [2.45, 2.75) is 32.1 Å². The maximum absolute atomic E-state index is 12.7. The average Bonchev–Trinajstić information content (AvgIpc) is 3.07. The number of nitrogens with zero attached hydrogens (tertiary/aromatic N) is 2. The summed E-state index contributed by atoms with van der Waals surface area (Å²) in [5, 5.41) is 10.8. The highest BCUT2D eigenvalue weighted by molar-refractivity contribution is 6.03. The molecule has 0 aromatic heterocycles. The lowest BCUT2D eigenvalue weighted by Gasteiger charge is -2.19. The minimum absolute atomic E-state index is 0.0310. The molecular formula is C34H39N9O2. The molecule has 4 rings (SSSR count). The van der Waals surface area contributed by atoms with Crippen LogP contribution >= 0.6 is 0 Å². The molecule has 0 heterocycles. The second-order valence-corrected chi connectivity index (χ2v) is 10.3. The number of hydrogen-bond acceptors (Lipinski definition) is 5. The van der Waals surface area contributed by atoms with Crippen LogP contribution < -0.4 is 38.5 Å². The third-order valence-electron chi connectivity index (χ3n) is 6.89. The fraction of sp³-hybridized carbons (Fsp3) is 0.176. The van der Waals surface area contributed by atoms with Crippen molar-refractivity contribution < 1.29 is 9.59 Å². The number of guanidine groups is 2. The van der Waals surface area contributed by atoms with E-state index in [9.17, 15) is 9.59 Å². The van der Waals surface area contributed by atoms with E-state index in [1.54, 1.807) is 0 Å². The molecule has 0 spiro atoms. The molecule has 0 saturated heterocycles. The van der Waals surface area contributed by atoms with Crippen LogP contribution in [0.1, 0.15) is 39.3 Å². The van der Waals surface area contributed by atoms with Crippen LogP contribution in [0.2, 0.25) is 0 Å². The molecule has 4 amide bonds. The molecule has 0 bridgehead atoms. The van der Waals surface area contributed by atoms with E-state index in [0.29, 0.717) is 19.6 Å². The van der Waals surface area contributed by atoms with Gasteiger partial charge in [-0.3, -0.25) is 10.6 Å². The second-order valence-electron chi connectivity index (χ2n) is 10.3. The first-order chi connectivity index (χ1) is 21.9. The zero-order chi connectivity index (χ0) is 31.9. The Hall–Kier alpha value is -5.68. The minimum Gasteiger partial charge on any atom is -0.370 e. The quantitative estimate of drug-likeness (QED) is 0.102. The van der Waals surface area contributed by atoms with Crippen molar-refractivity contribution in [3.8, 4) is 0 Å². The first kappa shape index (κ1) is 32.2. The topological polar surface area (TPSA) is 185 Å². The lowest BCUT2D eigenvalue weighted by molar-refractivity contribution is 0.240. The SMILES string of the molecule is NCc1cccc(CN=C(N)NC(=O)NC(N)=NCc2cccc(CNC(=O)NCC(c3ccccc3)c3ccccc3)c2)c1. The molecule has 0 aliphatic heterocycles. The van der Waals surface area contributed by atoms with Gasteiger partial charge in [-0.05, 0) is 33.4 Å². The van der Waals surface area contributed by atoms with Gasteiger partial charge in [0.15, 0.2) is 11.9 Å². The fourth-order valence-electron chi connectivity index (χ4n) is 4.63. The molecule has 10 N–H and O–H groups in total. The Labute approximate surface area is 263 Å². The minimum atomic E-state index is -0.654. The van der Waals surface area contributed by atoms with E-state index in [4.69, 9.17) is 17.2 Å². The van der Waals surface area contributed by atoms with Gasteiger partial charge in [-0.2, -0.15) is 0 Å². The van der Waals surface area contributed by atoms with Crippen molar-refractivity contribution >= 4 is 24.0 Å². The van der Waals surface area contributed by atoms with Crippen molar-refractivity contribution in [3.63, 3.8) is 0 Å². The first-order valence-electron chi connectivity index (χ1n) is 14.5. The van der Waals surface area contributed by atoms with Crippen molar-refractivity contribution in [3.05, 3.63) is 143 Å². The standard InChI is InChI=1S/C34H39N9O2/c35-19-24-9-7-10-25(17-24)20-38-31(36)42-34(45)43-32(37)39-21-26-11-8-12-27(18-26)22-40-33(44)41-23-30(28-13-3-1-4-14-28)29-15-5-2-6-16-29/h1-18,30H,19-23,35H2,(H2,40,41,44)(H6,36,37,38,39,42,43,45). The van der Waals surface area contributed by atoms with Crippen molar-refractivity contribution in [1.29, 1.82) is 0 Å². The predicted octanol–water partition coefficient (Wildman–Crippen LogP) is 3.41. The van der Waals surface area contributed by atoms with E-state index in [2.05, 4.69) is 55.5 Å². The number of nitrogens with one attached hydrogen (secondary N) is 4. The summed E-state index contributed by atoms with van der Waals surface area (Å²) in [6.07, 6.45) is 0. The van der Waals surface area contributed by atoms with E-state index in [-0.39, 0.29) is 37.0 Å². The van der Waals surface area contributed by atoms with Crippen LogP contribution in [0.5, 0.6) is 0 Å². The van der Waals surface area contributed by atoms with E-state index in [1.165, 1.54) is 0 Å². The van der Waals surface area contributed by atoms with Crippen LogP contribution in [-0.2, 0) is 26.2 Å². The summed E-state index contributed by atoms with van der Waals surface area (Å²) in [4.78, 5) is 33.3. The molecule has 11 heteroatoms. The molecule has 0 aliphatic rings. The van der Waals surface area contributed by atoms with Gasteiger partial charge in [0.2, 0.25) is 0 Å². The number of carbonyl (C=O) groups is 2. The van der Waals surface area contributed by atoms with E-state index in [0.717, 1.165) is 33.4 Å². The highest BCUT2D eigenvalue weighted by atomic mass is 16.2. The number of rotatable bonds is 11. The zero-order valence-electron chi connectivity index (χ0n) is 24.9. The molecule has 45 heavy (non-hydrogen) atoms. The highest BCUT2D eigenvalue weighted by Gasteiger charge is 2.15. The number of hydrogen-bond donors (Lipinski definition) is 7. The van der Waals surface area contributed by atoms with Gasteiger partial charge in [-0.15, -0.1) is 0 Å². The number of benzene rings is 4. The van der Waals surface area contributed by atoms with E-state index in [1.807, 2.05) is 84.9 Å². The third kappa shape index (κ3) is 10.8. The summed E-state index contributed by atoms with van der Waals surface area (Å²) in [5.74, 6) is -0.105. The fourth-order valence-corrected chi connectivity index (χ4v) is 4.63. The molecule has 11 nitrogen and oxygen atoms in total. The summed E-state index contributed by atoms with van der Waals surface area (Å²) in [6.45, 7) is 1.72. The Morgan fingerprint density at radius 2 is 1.09 bits per heavy atom. The Balaban J connectivity index is 1.22. The summed E-state index contributed by atoms with van der Waals surface area (Å²) in [5.41, 5.74) is 23.3. The molecule has 0 radical (unpaired) electrons. The summed E-state index contributed by atoms with van der Waals surface area (Å²) in [6, 6.07) is 34.5. The smallest absolute Gasteiger partial charge is 0.328 e. The van der Waals surface area contributed by atoms with Gasteiger partial charge in [0.25, 0.3) is 0 Å². The van der Waals surface area contributed by atoms with Gasteiger partial charge in [0.05, 0.1) is 13.1 Å². The second kappa shape index (κ2) is 16.8. The van der Waals surface area contributed by atoms with Gasteiger partial charge in [-0.25, -0.2) is 19.6 Å². The summed E-state index contributed by atoms with van der Waals surface area (Å²) in [7, 11) is 0. The number of aliphatic imine (C=N–C) groups is 2. The van der Waals surface area contributed by atoms with E-state index >= 15 is 0 Å². The summed E-state index contributed by atoms with van der Waals surface area (Å²) >= 11 is 0. The van der Waals surface area contributed by atoms with Gasteiger partial charge < -0.3 is 27.8 Å². The van der Waals surface area contributed by atoms with Crippen molar-refractivity contribution in [2.24, 2.45) is 27.2 Å². The van der Waals surface area contributed by atoms with Gasteiger partial charge >= 0.3 is 12.1 Å². The van der Waals surface area contributed by atoms with Gasteiger partial charge in [0, 0.05) is 25.6 Å². The lowest BCUT2D eigenvalue weighted by Crippen LogP contribution is -2.48. The Kier molecular flexibility index (Phi) is 12.1. The van der Waals surface area contributed by atoms with Crippen molar-refractivity contribution in [1.82, 2.24) is 21.3 Å². The first-order valence-corrected chi connectivity index (χ1v) is 14.5.